The number of nitrogens with zero attached hydrogens (tertiary/aromatic N) is 1. The maximum atomic E-state index is 11.3. The molecule has 0 saturated heterocycles. The standard InChI is InChI=1S/C18H16N2O/c1-12-3-8-17-16(11-12)18(9-10-19-17)20-15-6-4-14(5-7-15)13(2)21/h3-11H,1-2H3,(H,19,20). The van der Waals surface area contributed by atoms with Crippen molar-refractivity contribution in [3.8, 4) is 0 Å². The van der Waals surface area contributed by atoms with Crippen molar-refractivity contribution in [1.29, 1.82) is 0 Å². The average molecular weight is 276 g/mol. The molecule has 1 N–H and O–H groups in total. The van der Waals surface area contributed by atoms with Gasteiger partial charge in [0.05, 0.1) is 5.52 Å². The summed E-state index contributed by atoms with van der Waals surface area (Å²) in [5.41, 5.74) is 4.85. The van der Waals surface area contributed by atoms with Gasteiger partial charge in [-0.2, -0.15) is 0 Å². The molecular weight excluding hydrogens is 260 g/mol. The van der Waals surface area contributed by atoms with Crippen LogP contribution in [0.2, 0.25) is 0 Å². The first-order valence-corrected chi connectivity index (χ1v) is 6.87. The third-order valence-corrected chi connectivity index (χ3v) is 3.47. The largest absolute Gasteiger partial charge is 0.355 e. The Kier molecular flexibility index (Phi) is 3.40. The van der Waals surface area contributed by atoms with E-state index >= 15 is 0 Å². The summed E-state index contributed by atoms with van der Waals surface area (Å²) in [5.74, 6) is 0.0755. The van der Waals surface area contributed by atoms with E-state index in [4.69, 9.17) is 0 Å². The molecule has 0 atom stereocenters. The third-order valence-electron chi connectivity index (χ3n) is 3.47. The maximum absolute atomic E-state index is 11.3. The van der Waals surface area contributed by atoms with E-state index in [-0.39, 0.29) is 5.78 Å². The van der Waals surface area contributed by atoms with Crippen LogP contribution in [-0.2, 0) is 0 Å². The molecule has 0 unspecified atom stereocenters. The van der Waals surface area contributed by atoms with Crippen molar-refractivity contribution in [2.24, 2.45) is 0 Å². The molecule has 0 aliphatic rings. The third kappa shape index (κ3) is 2.77. The Balaban J connectivity index is 1.97. The summed E-state index contributed by atoms with van der Waals surface area (Å²) < 4.78 is 0. The van der Waals surface area contributed by atoms with E-state index in [1.165, 1.54) is 5.56 Å². The number of aromatic nitrogens is 1. The molecule has 3 rings (SSSR count). The number of hydrogen-bond donors (Lipinski definition) is 1. The highest BCUT2D eigenvalue weighted by Gasteiger charge is 2.04. The number of aryl methyl sites for hydroxylation is 1. The predicted molar refractivity (Wildman–Crippen MR) is 86.2 cm³/mol. The summed E-state index contributed by atoms with van der Waals surface area (Å²) in [6, 6.07) is 15.7. The first-order valence-electron chi connectivity index (χ1n) is 6.87. The highest BCUT2D eigenvalue weighted by Crippen LogP contribution is 2.26. The summed E-state index contributed by atoms with van der Waals surface area (Å²) in [7, 11) is 0. The van der Waals surface area contributed by atoms with Gasteiger partial charge >= 0.3 is 0 Å². The number of pyridine rings is 1. The lowest BCUT2D eigenvalue weighted by atomic mass is 10.1. The van der Waals surface area contributed by atoms with Gasteiger partial charge in [-0.15, -0.1) is 0 Å². The maximum Gasteiger partial charge on any atom is 0.159 e. The van der Waals surface area contributed by atoms with Gasteiger partial charge in [0.15, 0.2) is 5.78 Å². The number of nitrogens with one attached hydrogen (secondary N) is 1. The van der Waals surface area contributed by atoms with Crippen LogP contribution < -0.4 is 5.32 Å². The topological polar surface area (TPSA) is 42.0 Å². The normalized spacial score (nSPS) is 10.6. The number of rotatable bonds is 3. The first kappa shape index (κ1) is 13.3. The number of carbonyl (C=O) groups excluding carboxylic acids is 1. The fourth-order valence-electron chi connectivity index (χ4n) is 2.31. The molecule has 1 aromatic heterocycles. The van der Waals surface area contributed by atoms with Crippen LogP contribution in [0.5, 0.6) is 0 Å². The molecule has 3 heteroatoms. The zero-order chi connectivity index (χ0) is 14.8. The van der Waals surface area contributed by atoms with Gasteiger partial charge in [-0.25, -0.2) is 0 Å². The highest BCUT2D eigenvalue weighted by molar-refractivity contribution is 5.95. The predicted octanol–water partition coefficient (Wildman–Crippen LogP) is 4.49. The number of anilines is 2. The minimum atomic E-state index is 0.0755. The van der Waals surface area contributed by atoms with Gasteiger partial charge in [0.2, 0.25) is 0 Å². The lowest BCUT2D eigenvalue weighted by Gasteiger charge is -2.10. The lowest BCUT2D eigenvalue weighted by Crippen LogP contribution is -1.95. The number of fused-ring (bicyclic) bond motifs is 1. The van der Waals surface area contributed by atoms with Crippen LogP contribution in [-0.4, -0.2) is 10.8 Å². The van der Waals surface area contributed by atoms with Gasteiger partial charge in [-0.1, -0.05) is 11.6 Å². The molecule has 0 aliphatic heterocycles. The Hall–Kier alpha value is -2.68. The first-order chi connectivity index (χ1) is 10.1. The second kappa shape index (κ2) is 5.37. The van der Waals surface area contributed by atoms with E-state index in [9.17, 15) is 4.79 Å². The van der Waals surface area contributed by atoms with Crippen molar-refractivity contribution in [1.82, 2.24) is 4.98 Å². The van der Waals surface area contributed by atoms with Gasteiger partial charge in [0.25, 0.3) is 0 Å². The zero-order valence-electron chi connectivity index (χ0n) is 12.1. The molecule has 0 aliphatic carbocycles. The summed E-state index contributed by atoms with van der Waals surface area (Å²) in [6.45, 7) is 3.64. The number of ketones is 1. The summed E-state index contributed by atoms with van der Waals surface area (Å²) in [5, 5.41) is 4.48. The van der Waals surface area contributed by atoms with Crippen molar-refractivity contribution < 1.29 is 4.79 Å². The highest BCUT2D eigenvalue weighted by atomic mass is 16.1. The van der Waals surface area contributed by atoms with Crippen LogP contribution >= 0.6 is 0 Å². The van der Waals surface area contributed by atoms with Gasteiger partial charge in [-0.05, 0) is 56.3 Å². The SMILES string of the molecule is CC(=O)c1ccc(Nc2ccnc3ccc(C)cc23)cc1. The van der Waals surface area contributed by atoms with Crippen LogP contribution in [0.3, 0.4) is 0 Å². The van der Waals surface area contributed by atoms with Crippen LogP contribution in [0.15, 0.2) is 54.7 Å². The fourth-order valence-corrected chi connectivity index (χ4v) is 2.31. The van der Waals surface area contributed by atoms with E-state index in [0.717, 1.165) is 27.8 Å². The molecule has 0 saturated carbocycles. The molecule has 0 spiro atoms. The minimum Gasteiger partial charge on any atom is -0.355 e. The van der Waals surface area contributed by atoms with Crippen LogP contribution in [0.25, 0.3) is 10.9 Å². The zero-order valence-corrected chi connectivity index (χ0v) is 12.1. The smallest absolute Gasteiger partial charge is 0.159 e. The van der Waals surface area contributed by atoms with E-state index in [0.29, 0.717) is 0 Å². The molecule has 0 radical (unpaired) electrons. The quantitative estimate of drug-likeness (QED) is 0.717. The van der Waals surface area contributed by atoms with Gasteiger partial charge < -0.3 is 5.32 Å². The fraction of sp³-hybridized carbons (Fsp3) is 0.111. The number of Topliss-reactive ketones (excluding diaryl/α,β-unsaturated/α-hetero) is 1. The van der Waals surface area contributed by atoms with E-state index < -0.39 is 0 Å². The van der Waals surface area contributed by atoms with E-state index in [2.05, 4.69) is 29.4 Å². The molecule has 21 heavy (non-hydrogen) atoms. The van der Waals surface area contributed by atoms with Crippen molar-refractivity contribution in [2.45, 2.75) is 13.8 Å². The molecule has 1 heterocycles. The molecule has 3 aromatic rings. The molecular formula is C18H16N2O. The Bertz CT molecular complexity index is 807. The van der Waals surface area contributed by atoms with Crippen LogP contribution in [0.1, 0.15) is 22.8 Å². The molecule has 0 amide bonds. The van der Waals surface area contributed by atoms with Crippen molar-refractivity contribution in [2.75, 3.05) is 5.32 Å². The van der Waals surface area contributed by atoms with Crippen LogP contribution in [0, 0.1) is 6.92 Å². The second-order valence-electron chi connectivity index (χ2n) is 5.14. The summed E-state index contributed by atoms with van der Waals surface area (Å²) in [4.78, 5) is 15.7. The van der Waals surface area contributed by atoms with E-state index in [1.54, 1.807) is 13.1 Å². The molecule has 2 aromatic carbocycles. The lowest BCUT2D eigenvalue weighted by molar-refractivity contribution is 0.101. The Labute approximate surface area is 123 Å². The minimum absolute atomic E-state index is 0.0755. The molecule has 104 valence electrons. The number of hydrogen-bond acceptors (Lipinski definition) is 3. The van der Waals surface area contributed by atoms with Gasteiger partial charge in [-0.3, -0.25) is 9.78 Å². The van der Waals surface area contributed by atoms with Crippen LogP contribution in [0.4, 0.5) is 11.4 Å². The number of carbonyl (C=O) groups is 1. The molecule has 3 nitrogen and oxygen atoms in total. The van der Waals surface area contributed by atoms with Crippen molar-refractivity contribution >= 4 is 28.1 Å². The Morgan fingerprint density at radius 1 is 1.05 bits per heavy atom. The second-order valence-corrected chi connectivity index (χ2v) is 5.14. The number of benzene rings is 2. The summed E-state index contributed by atoms with van der Waals surface area (Å²) in [6.07, 6.45) is 1.80. The molecule has 0 bridgehead atoms. The van der Waals surface area contributed by atoms with E-state index in [1.807, 2.05) is 36.4 Å². The van der Waals surface area contributed by atoms with Crippen molar-refractivity contribution in [3.05, 3.63) is 65.9 Å². The van der Waals surface area contributed by atoms with Gasteiger partial charge in [0, 0.05) is 28.5 Å². The molecule has 0 fully saturated rings. The Morgan fingerprint density at radius 3 is 2.52 bits per heavy atom. The summed E-state index contributed by atoms with van der Waals surface area (Å²) >= 11 is 0. The Morgan fingerprint density at radius 2 is 1.81 bits per heavy atom. The monoisotopic (exact) mass is 276 g/mol. The van der Waals surface area contributed by atoms with Crippen molar-refractivity contribution in [3.63, 3.8) is 0 Å². The average Bonchev–Trinajstić information content (AvgIpc) is 2.48. The van der Waals surface area contributed by atoms with Gasteiger partial charge in [0.1, 0.15) is 0 Å².